The van der Waals surface area contributed by atoms with Crippen LogP contribution >= 0.6 is 0 Å². The lowest BCUT2D eigenvalue weighted by atomic mass is 10.1. The normalized spacial score (nSPS) is 24.3. The minimum atomic E-state index is -1.20. The van der Waals surface area contributed by atoms with Gasteiger partial charge in [0.1, 0.15) is 30.2 Å². The van der Waals surface area contributed by atoms with E-state index in [1.807, 2.05) is 0 Å². The molecule has 0 radical (unpaired) electrons. The lowest BCUT2D eigenvalue weighted by molar-refractivity contribution is -0.0650. The van der Waals surface area contributed by atoms with Crippen LogP contribution in [0.1, 0.15) is 11.8 Å². The molecule has 0 bridgehead atoms. The highest BCUT2D eigenvalue weighted by Gasteiger charge is 2.44. The first-order valence-electron chi connectivity index (χ1n) is 8.99. The van der Waals surface area contributed by atoms with Crippen LogP contribution in [0.4, 0.5) is 5.82 Å². The molecular formula is C18H21N5O6. The van der Waals surface area contributed by atoms with E-state index in [2.05, 4.69) is 15.0 Å². The van der Waals surface area contributed by atoms with Gasteiger partial charge in [-0.25, -0.2) is 15.0 Å². The van der Waals surface area contributed by atoms with E-state index >= 15 is 0 Å². The minimum Gasteiger partial charge on any atom is -0.504 e. The van der Waals surface area contributed by atoms with Gasteiger partial charge in [0.2, 0.25) is 0 Å². The Morgan fingerprint density at radius 2 is 1.93 bits per heavy atom. The molecule has 11 heteroatoms. The van der Waals surface area contributed by atoms with E-state index in [0.717, 1.165) is 5.56 Å². The largest absolute Gasteiger partial charge is 0.504 e. The SMILES string of the molecule is Nc1ncnc2c1ncn2[C@@H]1O[C@H](COCCc2ccc(O)c(O)c2)[C@@H](O)[C@H]1O. The van der Waals surface area contributed by atoms with Crippen LogP contribution in [0.5, 0.6) is 11.5 Å². The molecule has 0 unspecified atom stereocenters. The second-order valence-electron chi connectivity index (χ2n) is 6.78. The van der Waals surface area contributed by atoms with Gasteiger partial charge in [-0.05, 0) is 24.1 Å². The average molecular weight is 403 g/mol. The number of aliphatic hydroxyl groups is 2. The Balaban J connectivity index is 1.37. The molecule has 0 amide bonds. The number of benzene rings is 1. The number of rotatable bonds is 6. The van der Waals surface area contributed by atoms with Gasteiger partial charge in [0.05, 0.1) is 19.5 Å². The van der Waals surface area contributed by atoms with E-state index in [0.29, 0.717) is 24.2 Å². The van der Waals surface area contributed by atoms with Crippen LogP contribution in [-0.4, -0.2) is 71.5 Å². The van der Waals surface area contributed by atoms with Crippen LogP contribution < -0.4 is 5.73 Å². The molecule has 2 aromatic heterocycles. The van der Waals surface area contributed by atoms with Crippen molar-refractivity contribution in [2.75, 3.05) is 18.9 Å². The number of nitrogen functional groups attached to an aromatic ring is 1. The molecule has 1 saturated heterocycles. The zero-order chi connectivity index (χ0) is 20.5. The number of imidazole rings is 1. The standard InChI is InChI=1S/C18H21N5O6/c19-16-13-17(21-7-20-16)23(8-22-13)18-15(27)14(26)12(29-18)6-28-4-3-9-1-2-10(24)11(25)5-9/h1-2,5,7-8,12,14-15,18,24-27H,3-4,6H2,(H2,19,20,21)/t12-,14-,15-,18-/m1/s1. The van der Waals surface area contributed by atoms with Crippen LogP contribution in [0, 0.1) is 0 Å². The van der Waals surface area contributed by atoms with E-state index in [4.69, 9.17) is 15.2 Å². The third-order valence-electron chi connectivity index (χ3n) is 4.86. The second kappa shape index (κ2) is 7.79. The van der Waals surface area contributed by atoms with E-state index < -0.39 is 24.5 Å². The van der Waals surface area contributed by atoms with Crippen LogP contribution in [-0.2, 0) is 15.9 Å². The zero-order valence-electron chi connectivity index (χ0n) is 15.3. The Morgan fingerprint density at radius 1 is 1.10 bits per heavy atom. The quantitative estimate of drug-likeness (QED) is 0.272. The van der Waals surface area contributed by atoms with E-state index in [9.17, 15) is 20.4 Å². The summed E-state index contributed by atoms with van der Waals surface area (Å²) in [5, 5.41) is 39.6. The summed E-state index contributed by atoms with van der Waals surface area (Å²) in [6.07, 6.45) is -0.802. The number of aromatic nitrogens is 4. The fraction of sp³-hybridized carbons (Fsp3) is 0.389. The third kappa shape index (κ3) is 3.68. The van der Waals surface area contributed by atoms with Gasteiger partial charge >= 0.3 is 0 Å². The lowest BCUT2D eigenvalue weighted by Crippen LogP contribution is -2.34. The molecule has 1 fully saturated rings. The number of aliphatic hydroxyl groups excluding tert-OH is 2. The molecule has 0 saturated carbocycles. The maximum absolute atomic E-state index is 10.4. The molecule has 1 aromatic carbocycles. The van der Waals surface area contributed by atoms with Crippen molar-refractivity contribution in [2.24, 2.45) is 0 Å². The number of phenols is 2. The van der Waals surface area contributed by atoms with Crippen LogP contribution in [0.2, 0.25) is 0 Å². The number of nitrogens with zero attached hydrogens (tertiary/aromatic N) is 4. The van der Waals surface area contributed by atoms with Crippen molar-refractivity contribution in [3.05, 3.63) is 36.4 Å². The molecular weight excluding hydrogens is 382 g/mol. The zero-order valence-corrected chi connectivity index (χ0v) is 15.3. The molecule has 1 aliphatic rings. The maximum atomic E-state index is 10.4. The number of anilines is 1. The number of fused-ring (bicyclic) bond motifs is 1. The first-order valence-corrected chi connectivity index (χ1v) is 8.99. The number of hydrogen-bond donors (Lipinski definition) is 5. The van der Waals surface area contributed by atoms with Gasteiger partial charge in [-0.3, -0.25) is 4.57 Å². The van der Waals surface area contributed by atoms with Crippen molar-refractivity contribution in [1.29, 1.82) is 0 Å². The highest BCUT2D eigenvalue weighted by Crippen LogP contribution is 2.32. The number of aromatic hydroxyl groups is 2. The predicted molar refractivity (Wildman–Crippen MR) is 100.0 cm³/mol. The molecule has 6 N–H and O–H groups in total. The molecule has 3 aromatic rings. The molecule has 154 valence electrons. The van der Waals surface area contributed by atoms with E-state index in [1.165, 1.54) is 29.4 Å². The van der Waals surface area contributed by atoms with Gasteiger partial charge in [-0.2, -0.15) is 0 Å². The molecule has 29 heavy (non-hydrogen) atoms. The fourth-order valence-corrected chi connectivity index (χ4v) is 3.27. The number of phenolic OH excluding ortho intramolecular Hbond substituents is 2. The maximum Gasteiger partial charge on any atom is 0.167 e. The molecule has 1 aliphatic heterocycles. The summed E-state index contributed by atoms with van der Waals surface area (Å²) >= 11 is 0. The molecule has 3 heterocycles. The molecule has 4 rings (SSSR count). The summed E-state index contributed by atoms with van der Waals surface area (Å²) in [6.45, 7) is 0.359. The average Bonchev–Trinajstić information content (AvgIpc) is 3.25. The topological polar surface area (TPSA) is 169 Å². The van der Waals surface area contributed by atoms with Crippen LogP contribution in [0.25, 0.3) is 11.2 Å². The van der Waals surface area contributed by atoms with Crippen LogP contribution in [0.15, 0.2) is 30.9 Å². The van der Waals surface area contributed by atoms with Gasteiger partial charge in [-0.15, -0.1) is 0 Å². The highest BCUT2D eigenvalue weighted by atomic mass is 16.6. The van der Waals surface area contributed by atoms with Crippen molar-refractivity contribution in [3.63, 3.8) is 0 Å². The van der Waals surface area contributed by atoms with Gasteiger partial charge < -0.3 is 35.6 Å². The summed E-state index contributed by atoms with van der Waals surface area (Å²) in [6, 6.07) is 4.54. The second-order valence-corrected chi connectivity index (χ2v) is 6.78. The molecule has 4 atom stereocenters. The van der Waals surface area contributed by atoms with Gasteiger partial charge in [0.15, 0.2) is 29.2 Å². The van der Waals surface area contributed by atoms with E-state index in [-0.39, 0.29) is 23.9 Å². The molecule has 0 spiro atoms. The monoisotopic (exact) mass is 403 g/mol. The smallest absolute Gasteiger partial charge is 0.167 e. The van der Waals surface area contributed by atoms with Gasteiger partial charge in [-0.1, -0.05) is 6.07 Å². The summed E-state index contributed by atoms with van der Waals surface area (Å²) in [7, 11) is 0. The summed E-state index contributed by atoms with van der Waals surface area (Å²) in [5.41, 5.74) is 7.34. The summed E-state index contributed by atoms with van der Waals surface area (Å²) < 4.78 is 12.9. The number of nitrogens with two attached hydrogens (primary N) is 1. The van der Waals surface area contributed by atoms with Crippen LogP contribution in [0.3, 0.4) is 0 Å². The Bertz CT molecular complexity index is 1010. The lowest BCUT2D eigenvalue weighted by Gasteiger charge is -2.16. The third-order valence-corrected chi connectivity index (χ3v) is 4.86. The van der Waals surface area contributed by atoms with Crippen molar-refractivity contribution in [2.45, 2.75) is 31.0 Å². The molecule has 0 aliphatic carbocycles. The first kappa shape index (κ1) is 19.3. The van der Waals surface area contributed by atoms with Gasteiger partial charge in [0, 0.05) is 0 Å². The minimum absolute atomic E-state index is 0.0581. The fourth-order valence-electron chi connectivity index (χ4n) is 3.27. The molecule has 11 nitrogen and oxygen atoms in total. The number of hydrogen-bond acceptors (Lipinski definition) is 10. The van der Waals surface area contributed by atoms with Crippen molar-refractivity contribution < 1.29 is 29.9 Å². The van der Waals surface area contributed by atoms with E-state index in [1.54, 1.807) is 6.07 Å². The Hall–Kier alpha value is -2.99. The Morgan fingerprint density at radius 3 is 2.72 bits per heavy atom. The Kier molecular flexibility index (Phi) is 5.20. The summed E-state index contributed by atoms with van der Waals surface area (Å²) in [4.78, 5) is 12.1. The van der Waals surface area contributed by atoms with Crippen molar-refractivity contribution in [3.8, 4) is 11.5 Å². The van der Waals surface area contributed by atoms with Gasteiger partial charge in [0.25, 0.3) is 0 Å². The number of ether oxygens (including phenoxy) is 2. The first-order chi connectivity index (χ1) is 14.0. The highest BCUT2D eigenvalue weighted by molar-refractivity contribution is 5.81. The predicted octanol–water partition coefficient (Wildman–Crippen LogP) is -0.302. The van der Waals surface area contributed by atoms with Crippen molar-refractivity contribution >= 4 is 17.0 Å². The Labute approximate surface area is 165 Å². The van der Waals surface area contributed by atoms with Crippen molar-refractivity contribution in [1.82, 2.24) is 19.5 Å². The summed E-state index contributed by atoms with van der Waals surface area (Å²) in [5.74, 6) is -0.168.